The maximum atomic E-state index is 13.6. The van der Waals surface area contributed by atoms with Gasteiger partial charge in [0.15, 0.2) is 11.6 Å². The highest BCUT2D eigenvalue weighted by molar-refractivity contribution is 5.85. The van der Waals surface area contributed by atoms with Crippen molar-refractivity contribution in [1.82, 2.24) is 10.2 Å². The zero-order chi connectivity index (χ0) is 15.9. The number of carbonyl (C=O) groups is 1. The van der Waals surface area contributed by atoms with Crippen LogP contribution in [0.25, 0.3) is 0 Å². The van der Waals surface area contributed by atoms with Crippen LogP contribution in [0, 0.1) is 17.6 Å². The quantitative estimate of drug-likeness (QED) is 0.858. The Hall–Kier alpha value is -1.20. The Bertz CT molecular complexity index is 505. The normalized spacial score (nSPS) is 15.3. The molecule has 0 spiro atoms. The minimum atomic E-state index is -0.853. The number of piperidine rings is 1. The van der Waals surface area contributed by atoms with Crippen molar-refractivity contribution in [1.29, 1.82) is 0 Å². The average Bonchev–Trinajstić information content (AvgIpc) is 2.54. The molecular formula is C17H25ClF2N2O. The van der Waals surface area contributed by atoms with Crippen LogP contribution in [0.15, 0.2) is 18.2 Å². The van der Waals surface area contributed by atoms with Crippen molar-refractivity contribution in [2.75, 3.05) is 26.2 Å². The van der Waals surface area contributed by atoms with E-state index in [0.717, 1.165) is 45.1 Å². The van der Waals surface area contributed by atoms with Gasteiger partial charge in [-0.1, -0.05) is 19.1 Å². The van der Waals surface area contributed by atoms with Crippen molar-refractivity contribution in [3.05, 3.63) is 35.4 Å². The Morgan fingerprint density at radius 1 is 1.30 bits per heavy atom. The van der Waals surface area contributed by atoms with Crippen LogP contribution in [0.4, 0.5) is 8.78 Å². The highest BCUT2D eigenvalue weighted by atomic mass is 35.5. The summed E-state index contributed by atoms with van der Waals surface area (Å²) in [6.07, 6.45) is 2.50. The van der Waals surface area contributed by atoms with Crippen LogP contribution in [0.3, 0.4) is 0 Å². The maximum absolute atomic E-state index is 13.6. The van der Waals surface area contributed by atoms with E-state index in [4.69, 9.17) is 0 Å². The molecule has 1 N–H and O–H groups in total. The van der Waals surface area contributed by atoms with E-state index in [2.05, 4.69) is 12.2 Å². The molecule has 3 nitrogen and oxygen atoms in total. The van der Waals surface area contributed by atoms with E-state index >= 15 is 0 Å². The van der Waals surface area contributed by atoms with Crippen LogP contribution in [0.2, 0.25) is 0 Å². The fraction of sp³-hybridized carbons (Fsp3) is 0.588. The molecule has 1 aromatic carbocycles. The van der Waals surface area contributed by atoms with Gasteiger partial charge in [-0.15, -0.1) is 12.4 Å². The number of benzene rings is 1. The minimum absolute atomic E-state index is 0. The smallest absolute Gasteiger partial charge is 0.222 e. The first-order valence-corrected chi connectivity index (χ1v) is 8.03. The molecule has 1 aliphatic heterocycles. The summed E-state index contributed by atoms with van der Waals surface area (Å²) >= 11 is 0. The molecule has 1 amide bonds. The number of amides is 1. The first kappa shape index (κ1) is 19.8. The summed E-state index contributed by atoms with van der Waals surface area (Å²) in [5, 5.41) is 3.34. The van der Waals surface area contributed by atoms with E-state index in [1.165, 1.54) is 12.1 Å². The van der Waals surface area contributed by atoms with E-state index < -0.39 is 11.6 Å². The van der Waals surface area contributed by atoms with Gasteiger partial charge in [-0.25, -0.2) is 8.78 Å². The predicted octanol–water partition coefficient (Wildman–Crippen LogP) is 3.17. The van der Waals surface area contributed by atoms with Gasteiger partial charge in [0.05, 0.1) is 0 Å². The van der Waals surface area contributed by atoms with Gasteiger partial charge in [-0.05, 0) is 49.9 Å². The van der Waals surface area contributed by atoms with Gasteiger partial charge < -0.3 is 10.2 Å². The van der Waals surface area contributed by atoms with E-state index in [0.29, 0.717) is 5.92 Å². The summed E-state index contributed by atoms with van der Waals surface area (Å²) in [6.45, 7) is 5.59. The maximum Gasteiger partial charge on any atom is 0.222 e. The number of nitrogens with one attached hydrogen (secondary N) is 1. The molecule has 0 unspecified atom stereocenters. The molecule has 0 atom stereocenters. The molecule has 1 aliphatic rings. The van der Waals surface area contributed by atoms with Crippen molar-refractivity contribution in [3.8, 4) is 0 Å². The first-order valence-electron chi connectivity index (χ1n) is 8.03. The lowest BCUT2D eigenvalue weighted by Crippen LogP contribution is -2.40. The van der Waals surface area contributed by atoms with Gasteiger partial charge >= 0.3 is 0 Å². The lowest BCUT2D eigenvalue weighted by atomic mass is 9.96. The molecule has 6 heteroatoms. The molecule has 0 saturated carbocycles. The molecule has 1 saturated heterocycles. The zero-order valence-corrected chi connectivity index (χ0v) is 14.3. The van der Waals surface area contributed by atoms with Crippen molar-refractivity contribution < 1.29 is 13.6 Å². The highest BCUT2D eigenvalue weighted by Crippen LogP contribution is 2.18. The van der Waals surface area contributed by atoms with Gasteiger partial charge in [-0.3, -0.25) is 4.79 Å². The van der Waals surface area contributed by atoms with Crippen LogP contribution in [0.5, 0.6) is 0 Å². The fourth-order valence-electron chi connectivity index (χ4n) is 2.88. The second kappa shape index (κ2) is 9.83. The molecule has 1 fully saturated rings. The monoisotopic (exact) mass is 346 g/mol. The van der Waals surface area contributed by atoms with Gasteiger partial charge in [0.25, 0.3) is 0 Å². The largest absolute Gasteiger partial charge is 0.343 e. The minimum Gasteiger partial charge on any atom is -0.343 e. The topological polar surface area (TPSA) is 32.3 Å². The van der Waals surface area contributed by atoms with E-state index in [1.54, 1.807) is 0 Å². The van der Waals surface area contributed by atoms with Gasteiger partial charge in [-0.2, -0.15) is 0 Å². The number of hydrogen-bond donors (Lipinski definition) is 1. The third-order valence-electron chi connectivity index (χ3n) is 4.29. The molecule has 0 radical (unpaired) electrons. The summed E-state index contributed by atoms with van der Waals surface area (Å²) < 4.78 is 26.7. The molecular weight excluding hydrogens is 322 g/mol. The van der Waals surface area contributed by atoms with Crippen LogP contribution < -0.4 is 5.32 Å². The summed E-state index contributed by atoms with van der Waals surface area (Å²) in [6, 6.07) is 4.11. The summed E-state index contributed by atoms with van der Waals surface area (Å²) in [7, 11) is 0. The van der Waals surface area contributed by atoms with Crippen molar-refractivity contribution in [2.24, 2.45) is 5.92 Å². The van der Waals surface area contributed by atoms with Gasteiger partial charge in [0, 0.05) is 19.5 Å². The van der Waals surface area contributed by atoms with Crippen LogP contribution in [0.1, 0.15) is 31.7 Å². The zero-order valence-electron chi connectivity index (χ0n) is 13.5. The summed E-state index contributed by atoms with van der Waals surface area (Å²) in [5.41, 5.74) is 0.274. The van der Waals surface area contributed by atoms with Crippen molar-refractivity contribution >= 4 is 18.3 Å². The molecule has 23 heavy (non-hydrogen) atoms. The van der Waals surface area contributed by atoms with Crippen LogP contribution in [-0.4, -0.2) is 37.0 Å². The average molecular weight is 347 g/mol. The SMILES string of the molecule is CCNCC1CCN(C(=O)CCc2cccc(F)c2F)CC1.Cl. The highest BCUT2D eigenvalue weighted by Gasteiger charge is 2.22. The second-order valence-electron chi connectivity index (χ2n) is 5.84. The van der Waals surface area contributed by atoms with E-state index in [1.807, 2.05) is 4.90 Å². The number of aryl methyl sites for hydroxylation is 1. The Kier molecular flexibility index (Phi) is 8.48. The Morgan fingerprint density at radius 3 is 2.65 bits per heavy atom. The van der Waals surface area contributed by atoms with E-state index in [9.17, 15) is 13.6 Å². The number of nitrogens with zero attached hydrogens (tertiary/aromatic N) is 1. The Balaban J connectivity index is 0.00000264. The second-order valence-corrected chi connectivity index (χ2v) is 5.84. The summed E-state index contributed by atoms with van der Waals surface area (Å²) in [5.74, 6) is -1.02. The molecule has 1 heterocycles. The molecule has 0 aliphatic carbocycles. The summed E-state index contributed by atoms with van der Waals surface area (Å²) in [4.78, 5) is 14.0. The Labute approximate surface area is 142 Å². The number of likely N-dealkylation sites (tertiary alicyclic amines) is 1. The number of carbonyl (C=O) groups excluding carboxylic acids is 1. The lowest BCUT2D eigenvalue weighted by Gasteiger charge is -2.32. The number of hydrogen-bond acceptors (Lipinski definition) is 2. The molecule has 2 rings (SSSR count). The third kappa shape index (κ3) is 5.74. The van der Waals surface area contributed by atoms with Crippen LogP contribution >= 0.6 is 12.4 Å². The van der Waals surface area contributed by atoms with Crippen molar-refractivity contribution in [3.63, 3.8) is 0 Å². The number of halogens is 3. The lowest BCUT2D eigenvalue weighted by molar-refractivity contribution is -0.132. The van der Waals surface area contributed by atoms with Crippen LogP contribution in [-0.2, 0) is 11.2 Å². The number of rotatable bonds is 6. The fourth-order valence-corrected chi connectivity index (χ4v) is 2.88. The van der Waals surface area contributed by atoms with E-state index in [-0.39, 0.29) is 36.7 Å². The van der Waals surface area contributed by atoms with Crippen molar-refractivity contribution in [2.45, 2.75) is 32.6 Å². The standard InChI is InChI=1S/C17H24F2N2O.ClH/c1-2-20-12-13-8-10-21(11-9-13)16(22)7-6-14-4-3-5-15(18)17(14)19;/h3-5,13,20H,2,6-12H2,1H3;1H. The van der Waals surface area contributed by atoms with Gasteiger partial charge in [0.1, 0.15) is 0 Å². The molecule has 0 aromatic heterocycles. The Morgan fingerprint density at radius 2 is 2.00 bits per heavy atom. The molecule has 130 valence electrons. The van der Waals surface area contributed by atoms with Gasteiger partial charge in [0.2, 0.25) is 5.91 Å². The molecule has 1 aromatic rings. The predicted molar refractivity (Wildman–Crippen MR) is 89.8 cm³/mol. The molecule has 0 bridgehead atoms. The first-order chi connectivity index (χ1) is 10.6. The third-order valence-corrected chi connectivity index (χ3v) is 4.29.